The molecule has 0 radical (unpaired) electrons. The van der Waals surface area contributed by atoms with Crippen LogP contribution in [0.15, 0.2) is 24.3 Å². The van der Waals surface area contributed by atoms with Crippen molar-refractivity contribution in [3.05, 3.63) is 29.8 Å². The van der Waals surface area contributed by atoms with Gasteiger partial charge in [-0.15, -0.1) is 0 Å². The fraction of sp³-hybridized carbons (Fsp3) is 0.741. The monoisotopic (exact) mass is 396 g/mol. The van der Waals surface area contributed by atoms with Gasteiger partial charge in [0.25, 0.3) is 0 Å². The molecule has 4 rings (SSSR count). The maximum absolute atomic E-state index is 12.6. The SMILES string of the molecule is CCCC1CCC2CC(C3CCC(C(=O)Oc4ccc(C)cc4)CC3)CCC2C1. The van der Waals surface area contributed by atoms with E-state index in [-0.39, 0.29) is 11.9 Å². The van der Waals surface area contributed by atoms with E-state index in [1.165, 1.54) is 69.8 Å². The normalized spacial score (nSPS) is 35.0. The van der Waals surface area contributed by atoms with Crippen molar-refractivity contribution >= 4 is 5.97 Å². The first-order chi connectivity index (χ1) is 14.1. The number of aryl methyl sites for hydroxylation is 1. The first-order valence-corrected chi connectivity index (χ1v) is 12.4. The van der Waals surface area contributed by atoms with Gasteiger partial charge >= 0.3 is 5.97 Å². The molecule has 0 aliphatic heterocycles. The minimum Gasteiger partial charge on any atom is -0.426 e. The Morgan fingerprint density at radius 2 is 1.41 bits per heavy atom. The van der Waals surface area contributed by atoms with Crippen LogP contribution < -0.4 is 4.74 Å². The third-order valence-electron chi connectivity index (χ3n) is 8.47. The molecule has 0 amide bonds. The van der Waals surface area contributed by atoms with E-state index in [1.54, 1.807) is 0 Å². The molecule has 0 spiro atoms. The average Bonchev–Trinajstić information content (AvgIpc) is 2.75. The lowest BCUT2D eigenvalue weighted by Gasteiger charge is -2.45. The van der Waals surface area contributed by atoms with Crippen LogP contribution in [-0.4, -0.2) is 5.97 Å². The molecule has 3 fully saturated rings. The van der Waals surface area contributed by atoms with Crippen LogP contribution in [0.5, 0.6) is 5.75 Å². The van der Waals surface area contributed by atoms with Crippen molar-refractivity contribution in [2.45, 2.75) is 90.9 Å². The van der Waals surface area contributed by atoms with Crippen molar-refractivity contribution in [2.24, 2.45) is 35.5 Å². The van der Waals surface area contributed by atoms with E-state index < -0.39 is 0 Å². The first kappa shape index (κ1) is 20.9. The summed E-state index contributed by atoms with van der Waals surface area (Å²) >= 11 is 0. The van der Waals surface area contributed by atoms with Gasteiger partial charge in [-0.1, -0.05) is 43.9 Å². The summed E-state index contributed by atoms with van der Waals surface area (Å²) in [7, 11) is 0. The summed E-state index contributed by atoms with van der Waals surface area (Å²) in [6.07, 6.45) is 16.2. The molecule has 3 aliphatic carbocycles. The van der Waals surface area contributed by atoms with Gasteiger partial charge in [0.2, 0.25) is 0 Å². The number of esters is 1. The molecule has 4 atom stereocenters. The Bertz CT molecular complexity index is 656. The van der Waals surface area contributed by atoms with Crippen LogP contribution in [0.1, 0.15) is 89.5 Å². The van der Waals surface area contributed by atoms with E-state index in [2.05, 4.69) is 13.8 Å². The zero-order valence-corrected chi connectivity index (χ0v) is 18.6. The molecule has 3 aliphatic rings. The third kappa shape index (κ3) is 5.25. The second kappa shape index (κ2) is 9.67. The number of ether oxygens (including phenoxy) is 1. The smallest absolute Gasteiger partial charge is 0.314 e. The molecule has 2 heteroatoms. The van der Waals surface area contributed by atoms with E-state index >= 15 is 0 Å². The van der Waals surface area contributed by atoms with Gasteiger partial charge in [-0.3, -0.25) is 4.79 Å². The van der Waals surface area contributed by atoms with E-state index in [9.17, 15) is 4.79 Å². The maximum atomic E-state index is 12.6. The Hall–Kier alpha value is -1.31. The lowest BCUT2D eigenvalue weighted by atomic mass is 9.60. The molecule has 1 aromatic rings. The van der Waals surface area contributed by atoms with Crippen molar-refractivity contribution < 1.29 is 9.53 Å². The predicted octanol–water partition coefficient (Wildman–Crippen LogP) is 7.34. The molecule has 0 N–H and O–H groups in total. The number of hydrogen-bond acceptors (Lipinski definition) is 2. The van der Waals surface area contributed by atoms with Crippen LogP contribution >= 0.6 is 0 Å². The molecule has 0 aromatic heterocycles. The molecule has 3 saturated carbocycles. The van der Waals surface area contributed by atoms with Crippen LogP contribution in [-0.2, 0) is 4.79 Å². The molecule has 1 aromatic carbocycles. The van der Waals surface area contributed by atoms with E-state index in [0.717, 1.165) is 42.4 Å². The number of carbonyl (C=O) groups is 1. The number of rotatable bonds is 5. The second-order valence-corrected chi connectivity index (χ2v) is 10.4. The summed E-state index contributed by atoms with van der Waals surface area (Å²) in [5.74, 6) is 5.62. The van der Waals surface area contributed by atoms with Gasteiger partial charge in [0.1, 0.15) is 5.75 Å². The van der Waals surface area contributed by atoms with Gasteiger partial charge in [0.05, 0.1) is 5.92 Å². The zero-order valence-electron chi connectivity index (χ0n) is 18.6. The Morgan fingerprint density at radius 1 is 0.828 bits per heavy atom. The highest BCUT2D eigenvalue weighted by Gasteiger charge is 2.39. The van der Waals surface area contributed by atoms with Gasteiger partial charge in [-0.2, -0.15) is 0 Å². The summed E-state index contributed by atoms with van der Waals surface area (Å²) in [5.41, 5.74) is 1.19. The zero-order chi connectivity index (χ0) is 20.2. The van der Waals surface area contributed by atoms with Crippen LogP contribution in [0.3, 0.4) is 0 Å². The summed E-state index contributed by atoms with van der Waals surface area (Å²) in [6.45, 7) is 4.40. The Kier molecular flexibility index (Phi) is 6.98. The number of hydrogen-bond donors (Lipinski definition) is 0. The van der Waals surface area contributed by atoms with Gasteiger partial charge in [-0.05, 0) is 106 Å². The number of carbonyl (C=O) groups excluding carboxylic acids is 1. The van der Waals surface area contributed by atoms with E-state index in [4.69, 9.17) is 4.74 Å². The van der Waals surface area contributed by atoms with Crippen molar-refractivity contribution in [3.8, 4) is 5.75 Å². The first-order valence-electron chi connectivity index (χ1n) is 12.4. The lowest BCUT2D eigenvalue weighted by molar-refractivity contribution is -0.140. The standard InChI is InChI=1S/C27H40O2/c1-3-4-20-7-8-25-18-24(14-13-23(25)17-20)21-9-11-22(12-10-21)27(28)29-26-15-5-19(2)6-16-26/h5-6,15-16,20-25H,3-4,7-14,17-18H2,1-2H3. The maximum Gasteiger partial charge on any atom is 0.314 e. The fourth-order valence-electron chi connectivity index (χ4n) is 6.75. The second-order valence-electron chi connectivity index (χ2n) is 10.4. The summed E-state index contributed by atoms with van der Waals surface area (Å²) < 4.78 is 5.65. The molecule has 4 unspecified atom stereocenters. The molecular weight excluding hydrogens is 356 g/mol. The Balaban J connectivity index is 1.23. The number of fused-ring (bicyclic) bond motifs is 1. The van der Waals surface area contributed by atoms with Crippen LogP contribution in [0.2, 0.25) is 0 Å². The molecule has 0 saturated heterocycles. The summed E-state index contributed by atoms with van der Waals surface area (Å²) in [5, 5.41) is 0. The van der Waals surface area contributed by atoms with E-state index in [0.29, 0.717) is 5.75 Å². The highest BCUT2D eigenvalue weighted by Crippen LogP contribution is 2.49. The lowest BCUT2D eigenvalue weighted by Crippen LogP contribution is -2.35. The van der Waals surface area contributed by atoms with Gasteiger partial charge in [-0.25, -0.2) is 0 Å². The van der Waals surface area contributed by atoms with Crippen molar-refractivity contribution in [1.82, 2.24) is 0 Å². The molecule has 29 heavy (non-hydrogen) atoms. The minimum atomic E-state index is -0.00902. The van der Waals surface area contributed by atoms with Crippen LogP contribution in [0, 0.1) is 42.4 Å². The largest absolute Gasteiger partial charge is 0.426 e. The van der Waals surface area contributed by atoms with Crippen molar-refractivity contribution in [3.63, 3.8) is 0 Å². The molecule has 160 valence electrons. The topological polar surface area (TPSA) is 26.3 Å². The Labute approximate surface area is 177 Å². The molecular formula is C27H40O2. The van der Waals surface area contributed by atoms with Gasteiger partial charge < -0.3 is 4.74 Å². The highest BCUT2D eigenvalue weighted by atomic mass is 16.5. The van der Waals surface area contributed by atoms with Crippen molar-refractivity contribution in [2.75, 3.05) is 0 Å². The molecule has 0 bridgehead atoms. The summed E-state index contributed by atoms with van der Waals surface area (Å²) in [6, 6.07) is 7.83. The predicted molar refractivity (Wildman–Crippen MR) is 119 cm³/mol. The summed E-state index contributed by atoms with van der Waals surface area (Å²) in [4.78, 5) is 12.6. The van der Waals surface area contributed by atoms with E-state index in [1.807, 2.05) is 24.3 Å². The molecule has 0 heterocycles. The fourth-order valence-corrected chi connectivity index (χ4v) is 6.75. The third-order valence-corrected chi connectivity index (χ3v) is 8.47. The highest BCUT2D eigenvalue weighted by molar-refractivity contribution is 5.75. The van der Waals surface area contributed by atoms with Crippen LogP contribution in [0.4, 0.5) is 0 Å². The quantitative estimate of drug-likeness (QED) is 0.384. The van der Waals surface area contributed by atoms with Gasteiger partial charge in [0.15, 0.2) is 0 Å². The Morgan fingerprint density at radius 3 is 2.10 bits per heavy atom. The minimum absolute atomic E-state index is 0.00902. The van der Waals surface area contributed by atoms with Crippen molar-refractivity contribution in [1.29, 1.82) is 0 Å². The van der Waals surface area contributed by atoms with Gasteiger partial charge in [0, 0.05) is 0 Å². The average molecular weight is 397 g/mol. The van der Waals surface area contributed by atoms with Crippen LogP contribution in [0.25, 0.3) is 0 Å². The molecule has 2 nitrogen and oxygen atoms in total. The number of benzene rings is 1.